The molecule has 0 fully saturated rings. The Kier molecular flexibility index (Phi) is 5.10. The van der Waals surface area contributed by atoms with Crippen LogP contribution < -0.4 is 5.32 Å². The van der Waals surface area contributed by atoms with Gasteiger partial charge in [-0.05, 0) is 23.8 Å². The minimum atomic E-state index is -0.0438. The third kappa shape index (κ3) is 4.21. The van der Waals surface area contributed by atoms with E-state index in [-0.39, 0.29) is 5.91 Å². The number of hydrogen-bond donors (Lipinski definition) is 1. The zero-order chi connectivity index (χ0) is 16.1. The Labute approximate surface area is 143 Å². The van der Waals surface area contributed by atoms with Crippen molar-refractivity contribution in [2.45, 2.75) is 11.6 Å². The number of halogens is 1. The van der Waals surface area contributed by atoms with E-state index < -0.39 is 0 Å². The maximum atomic E-state index is 12.0. The van der Waals surface area contributed by atoms with Gasteiger partial charge in [-0.3, -0.25) is 4.79 Å². The number of rotatable bonds is 5. The van der Waals surface area contributed by atoms with Crippen molar-refractivity contribution in [3.05, 3.63) is 65.4 Å². The van der Waals surface area contributed by atoms with Gasteiger partial charge in [-0.15, -0.1) is 0 Å². The summed E-state index contributed by atoms with van der Waals surface area (Å²) in [5, 5.41) is 5.32. The van der Waals surface area contributed by atoms with E-state index in [2.05, 4.69) is 15.3 Å². The second-order valence-electron chi connectivity index (χ2n) is 4.89. The number of nitrogens with one attached hydrogen (secondary N) is 1. The molecule has 1 heterocycles. The highest BCUT2D eigenvalue weighted by atomic mass is 35.5. The molecular formula is C17H14ClN3OS. The van der Waals surface area contributed by atoms with E-state index in [0.29, 0.717) is 17.3 Å². The van der Waals surface area contributed by atoms with Gasteiger partial charge in [-0.2, -0.15) is 0 Å². The van der Waals surface area contributed by atoms with Crippen LogP contribution in [0.2, 0.25) is 5.02 Å². The van der Waals surface area contributed by atoms with Crippen molar-refractivity contribution < 1.29 is 4.79 Å². The average Bonchev–Trinajstić information content (AvgIpc) is 2.58. The molecule has 0 spiro atoms. The number of nitrogens with zero attached hydrogens (tertiary/aromatic N) is 2. The summed E-state index contributed by atoms with van der Waals surface area (Å²) in [6.07, 6.45) is 1.52. The zero-order valence-corrected chi connectivity index (χ0v) is 13.8. The molecule has 4 nitrogen and oxygen atoms in total. The third-order valence-electron chi connectivity index (χ3n) is 3.22. The summed E-state index contributed by atoms with van der Waals surface area (Å²) < 4.78 is 0. The molecule has 116 valence electrons. The summed E-state index contributed by atoms with van der Waals surface area (Å²) in [4.78, 5) is 20.5. The van der Waals surface area contributed by atoms with E-state index in [4.69, 9.17) is 11.6 Å². The molecule has 0 saturated carbocycles. The second kappa shape index (κ2) is 7.44. The van der Waals surface area contributed by atoms with Crippen molar-refractivity contribution in [2.75, 3.05) is 5.75 Å². The number of amides is 1. The molecule has 0 unspecified atom stereocenters. The van der Waals surface area contributed by atoms with Crippen LogP contribution in [0.1, 0.15) is 5.56 Å². The summed E-state index contributed by atoms with van der Waals surface area (Å²) in [5.41, 5.74) is 1.85. The van der Waals surface area contributed by atoms with Crippen LogP contribution in [0.25, 0.3) is 10.9 Å². The fourth-order valence-electron chi connectivity index (χ4n) is 2.13. The van der Waals surface area contributed by atoms with E-state index in [1.165, 1.54) is 18.1 Å². The van der Waals surface area contributed by atoms with Gasteiger partial charge in [0.05, 0.1) is 11.3 Å². The fraction of sp³-hybridized carbons (Fsp3) is 0.118. The Hall–Kier alpha value is -2.11. The molecule has 1 amide bonds. The first-order valence-corrected chi connectivity index (χ1v) is 8.42. The van der Waals surface area contributed by atoms with Crippen molar-refractivity contribution in [3.63, 3.8) is 0 Å². The third-order valence-corrected chi connectivity index (χ3v) is 4.47. The first-order chi connectivity index (χ1) is 11.2. The number of fused-ring (bicyclic) bond motifs is 1. The number of hydrogen-bond acceptors (Lipinski definition) is 4. The van der Waals surface area contributed by atoms with Crippen LogP contribution in [0.3, 0.4) is 0 Å². The Morgan fingerprint density at radius 1 is 1.13 bits per heavy atom. The molecule has 0 radical (unpaired) electrons. The number of aromatic nitrogens is 2. The normalized spacial score (nSPS) is 10.7. The van der Waals surface area contributed by atoms with Crippen LogP contribution in [0.4, 0.5) is 0 Å². The quantitative estimate of drug-likeness (QED) is 0.567. The first-order valence-electron chi connectivity index (χ1n) is 7.06. The van der Waals surface area contributed by atoms with E-state index in [1.54, 1.807) is 0 Å². The van der Waals surface area contributed by atoms with Crippen molar-refractivity contribution in [1.29, 1.82) is 0 Å². The van der Waals surface area contributed by atoms with Crippen LogP contribution in [0.5, 0.6) is 0 Å². The molecule has 3 aromatic rings. The van der Waals surface area contributed by atoms with Gasteiger partial charge in [0, 0.05) is 17.0 Å². The largest absolute Gasteiger partial charge is 0.351 e. The van der Waals surface area contributed by atoms with Crippen LogP contribution in [0, 0.1) is 0 Å². The zero-order valence-electron chi connectivity index (χ0n) is 12.2. The highest BCUT2D eigenvalue weighted by molar-refractivity contribution is 8.00. The Balaban J connectivity index is 1.58. The standard InChI is InChI=1S/C17H14ClN3OS/c18-13-5-3-4-12(8-13)9-19-16(22)10-23-17-14-6-1-2-7-15(14)20-11-21-17/h1-8,11H,9-10H2,(H,19,22). The summed E-state index contributed by atoms with van der Waals surface area (Å²) in [5.74, 6) is 0.263. The molecule has 2 aromatic carbocycles. The number of thioether (sulfide) groups is 1. The molecular weight excluding hydrogens is 330 g/mol. The van der Waals surface area contributed by atoms with Gasteiger partial charge >= 0.3 is 0 Å². The lowest BCUT2D eigenvalue weighted by molar-refractivity contribution is -0.118. The summed E-state index contributed by atoms with van der Waals surface area (Å²) >= 11 is 7.33. The highest BCUT2D eigenvalue weighted by Gasteiger charge is 2.07. The van der Waals surface area contributed by atoms with Crippen molar-refractivity contribution in [1.82, 2.24) is 15.3 Å². The van der Waals surface area contributed by atoms with Gasteiger partial charge in [-0.25, -0.2) is 9.97 Å². The van der Waals surface area contributed by atoms with Crippen LogP contribution >= 0.6 is 23.4 Å². The topological polar surface area (TPSA) is 54.9 Å². The predicted molar refractivity (Wildman–Crippen MR) is 93.6 cm³/mol. The molecule has 0 saturated heterocycles. The van der Waals surface area contributed by atoms with E-state index in [1.807, 2.05) is 48.5 Å². The number of carbonyl (C=O) groups excluding carboxylic acids is 1. The number of carbonyl (C=O) groups is 1. The Bertz CT molecular complexity index is 835. The maximum absolute atomic E-state index is 12.0. The van der Waals surface area contributed by atoms with Crippen molar-refractivity contribution in [3.8, 4) is 0 Å². The fourth-order valence-corrected chi connectivity index (χ4v) is 3.16. The molecule has 1 N–H and O–H groups in total. The maximum Gasteiger partial charge on any atom is 0.230 e. The predicted octanol–water partition coefficient (Wildman–Crippen LogP) is 3.69. The molecule has 0 atom stereocenters. The minimum absolute atomic E-state index is 0.0438. The summed E-state index contributed by atoms with van der Waals surface area (Å²) in [6.45, 7) is 0.463. The average molecular weight is 344 g/mol. The molecule has 0 aliphatic carbocycles. The second-order valence-corrected chi connectivity index (χ2v) is 6.29. The molecule has 3 rings (SSSR count). The molecule has 23 heavy (non-hydrogen) atoms. The lowest BCUT2D eigenvalue weighted by Gasteiger charge is -2.06. The molecule has 0 aliphatic heterocycles. The van der Waals surface area contributed by atoms with Gasteiger partial charge < -0.3 is 5.32 Å². The monoisotopic (exact) mass is 343 g/mol. The lowest BCUT2D eigenvalue weighted by Crippen LogP contribution is -2.24. The van der Waals surface area contributed by atoms with Crippen molar-refractivity contribution >= 4 is 40.2 Å². The van der Waals surface area contributed by atoms with Crippen LogP contribution in [-0.2, 0) is 11.3 Å². The first kappa shape index (κ1) is 15.8. The van der Waals surface area contributed by atoms with Crippen LogP contribution in [0.15, 0.2) is 59.9 Å². The number of benzene rings is 2. The van der Waals surface area contributed by atoms with Gasteiger partial charge in [0.15, 0.2) is 0 Å². The van der Waals surface area contributed by atoms with Crippen LogP contribution in [-0.4, -0.2) is 21.6 Å². The molecule has 0 aliphatic rings. The molecule has 6 heteroatoms. The SMILES string of the molecule is O=C(CSc1ncnc2ccccc12)NCc1cccc(Cl)c1. The van der Waals surface area contributed by atoms with E-state index in [9.17, 15) is 4.79 Å². The van der Waals surface area contributed by atoms with Gasteiger partial charge in [0.2, 0.25) is 5.91 Å². The lowest BCUT2D eigenvalue weighted by atomic mass is 10.2. The minimum Gasteiger partial charge on any atom is -0.351 e. The van der Waals surface area contributed by atoms with E-state index >= 15 is 0 Å². The summed E-state index contributed by atoms with van der Waals surface area (Å²) in [6, 6.07) is 15.2. The van der Waals surface area contributed by atoms with E-state index in [0.717, 1.165) is 21.5 Å². The Morgan fingerprint density at radius 2 is 2.00 bits per heavy atom. The highest BCUT2D eigenvalue weighted by Crippen LogP contribution is 2.23. The van der Waals surface area contributed by atoms with Gasteiger partial charge in [-0.1, -0.05) is 53.7 Å². The molecule has 1 aromatic heterocycles. The smallest absolute Gasteiger partial charge is 0.230 e. The molecule has 0 bridgehead atoms. The summed E-state index contributed by atoms with van der Waals surface area (Å²) in [7, 11) is 0. The Morgan fingerprint density at radius 3 is 2.87 bits per heavy atom. The van der Waals surface area contributed by atoms with Crippen molar-refractivity contribution in [2.24, 2.45) is 0 Å². The van der Waals surface area contributed by atoms with Gasteiger partial charge in [0.1, 0.15) is 11.4 Å². The van der Waals surface area contributed by atoms with Gasteiger partial charge in [0.25, 0.3) is 0 Å². The number of para-hydroxylation sites is 1.